The quantitative estimate of drug-likeness (QED) is 0.181. The average Bonchev–Trinajstić information content (AvgIpc) is 3.74. The van der Waals surface area contributed by atoms with Crippen molar-refractivity contribution < 1.29 is 0 Å². The van der Waals surface area contributed by atoms with Gasteiger partial charge in [0.1, 0.15) is 0 Å². The van der Waals surface area contributed by atoms with E-state index in [1.54, 1.807) is 0 Å². The van der Waals surface area contributed by atoms with Gasteiger partial charge < -0.3 is 9.13 Å². The summed E-state index contributed by atoms with van der Waals surface area (Å²) in [5.74, 6) is 0. The summed E-state index contributed by atoms with van der Waals surface area (Å²) in [7, 11) is -0.730. The van der Waals surface area contributed by atoms with Gasteiger partial charge in [0.25, 0.3) is 0 Å². The highest BCUT2D eigenvalue weighted by molar-refractivity contribution is 7.25. The molecule has 0 amide bonds. The third-order valence-electron chi connectivity index (χ3n) is 9.36. The second kappa shape index (κ2) is 10.4. The molecule has 0 aliphatic heterocycles. The van der Waals surface area contributed by atoms with Crippen LogP contribution in [0.3, 0.4) is 0 Å². The van der Waals surface area contributed by atoms with Crippen molar-refractivity contribution in [3.8, 4) is 23.5 Å². The van der Waals surface area contributed by atoms with Crippen LogP contribution >= 0.6 is 11.3 Å². The normalized spacial score (nSPS) is 11.9. The van der Waals surface area contributed by atoms with Crippen LogP contribution in [0.1, 0.15) is 16.7 Å². The van der Waals surface area contributed by atoms with Crippen molar-refractivity contribution in [1.82, 2.24) is 9.13 Å². The summed E-state index contributed by atoms with van der Waals surface area (Å²) < 4.78 is 7.17. The lowest BCUT2D eigenvalue weighted by Crippen LogP contribution is -2.05. The van der Waals surface area contributed by atoms with E-state index >= 15 is 0 Å². The zero-order valence-electron chi connectivity index (χ0n) is 26.0. The molecule has 3 heterocycles. The highest BCUT2D eigenvalue weighted by Gasteiger charge is 2.17. The molecular formula is C41H28N4SSi. The number of aromatic nitrogens is 2. The number of thiophene rings is 1. The van der Waals surface area contributed by atoms with Gasteiger partial charge in [-0.2, -0.15) is 10.5 Å². The van der Waals surface area contributed by atoms with E-state index in [0.717, 1.165) is 33.2 Å². The Morgan fingerprint density at radius 3 is 1.60 bits per heavy atom. The fraction of sp³-hybridized carbons (Fsp3) is 0.0732. The zero-order valence-corrected chi connectivity index (χ0v) is 27.9. The predicted octanol–water partition coefficient (Wildman–Crippen LogP) is 10.6. The van der Waals surface area contributed by atoms with Crippen LogP contribution in [0.5, 0.6) is 0 Å². The maximum absolute atomic E-state index is 9.63. The van der Waals surface area contributed by atoms with E-state index in [9.17, 15) is 10.5 Å². The first-order valence-electron chi connectivity index (χ1n) is 15.9. The summed E-state index contributed by atoms with van der Waals surface area (Å²) in [4.78, 5) is 0. The summed E-state index contributed by atoms with van der Waals surface area (Å²) in [6.45, 7) is 4.82. The third-order valence-corrected chi connectivity index (χ3v) is 11.8. The highest BCUT2D eigenvalue weighted by Crippen LogP contribution is 2.40. The molecule has 222 valence electrons. The largest absolute Gasteiger partial charge is 0.309 e. The number of para-hydroxylation sites is 1. The standard InChI is InChI=1S/C41H28N4SSi/c1-47(2)24-27-9-14-37-31(19-27)30-5-3-4-6-36(30)44(37)28-10-15-40-34(20-28)35-21-29(11-16-41(35)46-40)45-38-12-7-25(22-42)17-32(38)33-18-26(23-43)8-13-39(33)45/h3-21,47H,24H2,1-2H3. The van der Waals surface area contributed by atoms with E-state index in [1.807, 2.05) is 47.7 Å². The van der Waals surface area contributed by atoms with Gasteiger partial charge in [-0.1, -0.05) is 42.9 Å². The minimum absolute atomic E-state index is 0.605. The maximum Gasteiger partial charge on any atom is 0.0991 e. The van der Waals surface area contributed by atoms with Gasteiger partial charge in [-0.3, -0.25) is 0 Å². The molecule has 9 aromatic rings. The van der Waals surface area contributed by atoms with Crippen LogP contribution in [-0.2, 0) is 6.04 Å². The molecule has 47 heavy (non-hydrogen) atoms. The van der Waals surface area contributed by atoms with E-state index in [1.165, 1.54) is 53.6 Å². The Balaban J connectivity index is 1.27. The Bertz CT molecular complexity index is 2770. The summed E-state index contributed by atoms with van der Waals surface area (Å²) >= 11 is 1.82. The molecule has 0 N–H and O–H groups in total. The molecule has 0 aliphatic rings. The fourth-order valence-electron chi connectivity index (χ4n) is 7.37. The first-order chi connectivity index (χ1) is 23.0. The molecule has 0 saturated heterocycles. The van der Waals surface area contributed by atoms with Crippen LogP contribution in [-0.4, -0.2) is 17.9 Å². The van der Waals surface area contributed by atoms with Gasteiger partial charge in [-0.25, -0.2) is 0 Å². The molecule has 6 aromatic carbocycles. The van der Waals surface area contributed by atoms with Crippen molar-refractivity contribution in [2.75, 3.05) is 0 Å². The number of hydrogen-bond acceptors (Lipinski definition) is 3. The highest BCUT2D eigenvalue weighted by atomic mass is 32.1. The third kappa shape index (κ3) is 4.23. The molecule has 0 unspecified atom stereocenters. The summed E-state index contributed by atoms with van der Waals surface area (Å²) in [5, 5.41) is 26.3. The molecule has 0 fully saturated rings. The topological polar surface area (TPSA) is 57.4 Å². The molecule has 0 radical (unpaired) electrons. The molecule has 0 bridgehead atoms. The Morgan fingerprint density at radius 2 is 1.04 bits per heavy atom. The first kappa shape index (κ1) is 27.6. The number of hydrogen-bond donors (Lipinski definition) is 0. The molecule has 6 heteroatoms. The van der Waals surface area contributed by atoms with Gasteiger partial charge in [-0.05, 0) is 97.0 Å². The van der Waals surface area contributed by atoms with Crippen molar-refractivity contribution >= 4 is 83.9 Å². The molecule has 0 spiro atoms. The van der Waals surface area contributed by atoms with Crippen molar-refractivity contribution in [2.24, 2.45) is 0 Å². The number of benzene rings is 6. The lowest BCUT2D eigenvalue weighted by Gasteiger charge is -2.10. The van der Waals surface area contributed by atoms with Crippen molar-refractivity contribution in [3.63, 3.8) is 0 Å². The van der Waals surface area contributed by atoms with Crippen molar-refractivity contribution in [3.05, 3.63) is 132 Å². The van der Waals surface area contributed by atoms with Gasteiger partial charge in [0, 0.05) is 61.9 Å². The maximum atomic E-state index is 9.63. The van der Waals surface area contributed by atoms with E-state index in [-0.39, 0.29) is 0 Å². The molecule has 3 aromatic heterocycles. The Kier molecular flexibility index (Phi) is 6.14. The van der Waals surface area contributed by atoms with Crippen molar-refractivity contribution in [2.45, 2.75) is 19.1 Å². The number of nitriles is 2. The second-order valence-electron chi connectivity index (χ2n) is 12.8. The monoisotopic (exact) mass is 636 g/mol. The second-order valence-corrected chi connectivity index (χ2v) is 17.1. The number of fused-ring (bicyclic) bond motifs is 9. The molecule has 0 saturated carbocycles. The van der Waals surface area contributed by atoms with Crippen LogP contribution in [0.15, 0.2) is 115 Å². The predicted molar refractivity (Wildman–Crippen MR) is 200 cm³/mol. The van der Waals surface area contributed by atoms with Crippen LogP contribution < -0.4 is 0 Å². The van der Waals surface area contributed by atoms with Crippen LogP contribution in [0.2, 0.25) is 13.1 Å². The van der Waals surface area contributed by atoms with Gasteiger partial charge >= 0.3 is 0 Å². The van der Waals surface area contributed by atoms with Crippen LogP contribution in [0.4, 0.5) is 0 Å². The van der Waals surface area contributed by atoms with Gasteiger partial charge in [-0.15, -0.1) is 11.3 Å². The lowest BCUT2D eigenvalue weighted by atomic mass is 10.1. The smallest absolute Gasteiger partial charge is 0.0991 e. The van der Waals surface area contributed by atoms with E-state index in [2.05, 4.69) is 113 Å². The van der Waals surface area contributed by atoms with Crippen molar-refractivity contribution in [1.29, 1.82) is 10.5 Å². The molecule has 9 rings (SSSR count). The summed E-state index contributed by atoms with van der Waals surface area (Å²) in [6.07, 6.45) is 0. The molecule has 0 atom stereocenters. The first-order valence-corrected chi connectivity index (χ1v) is 19.8. The van der Waals surface area contributed by atoms with Crippen LogP contribution in [0.25, 0.3) is 75.2 Å². The molecule has 0 aliphatic carbocycles. The SMILES string of the molecule is C[SiH](C)Cc1ccc2c(c1)c1ccccc1n2-c1ccc2sc3ccc(-n4c5ccc(C#N)cc5c5cc(C#N)ccc54)cc3c2c1. The fourth-order valence-corrected chi connectivity index (χ4v) is 9.63. The van der Waals surface area contributed by atoms with Crippen LogP contribution in [0, 0.1) is 22.7 Å². The Hall–Kier alpha value is -5.66. The molecule has 4 nitrogen and oxygen atoms in total. The Morgan fingerprint density at radius 1 is 0.532 bits per heavy atom. The van der Waals surface area contributed by atoms with E-state index in [0.29, 0.717) is 11.1 Å². The lowest BCUT2D eigenvalue weighted by molar-refractivity contribution is 1.18. The van der Waals surface area contributed by atoms with Gasteiger partial charge in [0.2, 0.25) is 0 Å². The molecular weight excluding hydrogens is 609 g/mol. The number of rotatable bonds is 4. The van der Waals surface area contributed by atoms with Gasteiger partial charge in [0.15, 0.2) is 0 Å². The minimum Gasteiger partial charge on any atom is -0.309 e. The summed E-state index contributed by atoms with van der Waals surface area (Å²) in [5.41, 5.74) is 9.34. The number of nitrogens with zero attached hydrogens (tertiary/aromatic N) is 4. The van der Waals surface area contributed by atoms with Gasteiger partial charge in [0.05, 0.1) is 45.3 Å². The van der Waals surface area contributed by atoms with E-state index < -0.39 is 8.80 Å². The zero-order chi connectivity index (χ0) is 31.8. The average molecular weight is 637 g/mol. The van der Waals surface area contributed by atoms with E-state index in [4.69, 9.17) is 0 Å². The summed E-state index contributed by atoms with van der Waals surface area (Å²) in [6, 6.07) is 46.8. The minimum atomic E-state index is -0.730. The Labute approximate surface area is 277 Å².